The number of rotatable bonds is 19. The summed E-state index contributed by atoms with van der Waals surface area (Å²) in [4.78, 5) is 12.8. The van der Waals surface area contributed by atoms with Gasteiger partial charge in [0.1, 0.15) is 5.60 Å². The van der Waals surface area contributed by atoms with Gasteiger partial charge in [-0.15, -0.1) is 6.58 Å². The van der Waals surface area contributed by atoms with Crippen molar-refractivity contribution in [2.24, 2.45) is 17.8 Å². The van der Waals surface area contributed by atoms with Crippen LogP contribution in [0.3, 0.4) is 0 Å². The van der Waals surface area contributed by atoms with E-state index in [1.165, 1.54) is 32.1 Å². The molecule has 0 saturated heterocycles. The van der Waals surface area contributed by atoms with Gasteiger partial charge in [0, 0.05) is 6.04 Å². The minimum atomic E-state index is -0.845. The Morgan fingerprint density at radius 1 is 1.02 bits per heavy atom. The summed E-state index contributed by atoms with van der Waals surface area (Å²) < 4.78 is 5.53. The van der Waals surface area contributed by atoms with Gasteiger partial charge in [0.2, 0.25) is 0 Å². The third-order valence-corrected chi connectivity index (χ3v) is 8.56. The molecule has 1 saturated carbocycles. The standard InChI is InChI=1S/C36H62N2O5/c1-7-8-11-20-29(25-37-31(23-28-18-14-10-15-19-28)34(41)33(40)21-26(2)3)24-32(39)30(22-27-16-12-9-13-17-27)38-35(42)43-36(4,5)6/h7,9,12-13,16-17,26,28-34,37,39-41H,1,8,10-11,14-15,18-25H2,2-6H3,(H,38,42)/t29-,30+,31+,32-,33+,34-/m1/s1. The zero-order chi connectivity index (χ0) is 31.8. The number of alkyl carbamates (subject to hydrolysis) is 1. The fourth-order valence-electron chi connectivity index (χ4n) is 6.30. The molecule has 43 heavy (non-hydrogen) atoms. The van der Waals surface area contributed by atoms with Gasteiger partial charge in [0.05, 0.1) is 24.4 Å². The predicted molar refractivity (Wildman–Crippen MR) is 176 cm³/mol. The van der Waals surface area contributed by atoms with Gasteiger partial charge in [0.25, 0.3) is 0 Å². The number of aliphatic hydroxyl groups is 3. The van der Waals surface area contributed by atoms with E-state index in [0.29, 0.717) is 37.6 Å². The van der Waals surface area contributed by atoms with Gasteiger partial charge >= 0.3 is 6.09 Å². The van der Waals surface area contributed by atoms with Gasteiger partial charge in [-0.05, 0) is 95.6 Å². The van der Waals surface area contributed by atoms with Crippen LogP contribution in [0.5, 0.6) is 0 Å². The summed E-state index contributed by atoms with van der Waals surface area (Å²) in [5.74, 6) is 0.947. The second-order valence-electron chi connectivity index (χ2n) is 14.3. The maximum atomic E-state index is 12.8. The molecule has 246 valence electrons. The molecule has 1 amide bonds. The van der Waals surface area contributed by atoms with Crippen LogP contribution in [0.25, 0.3) is 0 Å². The summed E-state index contributed by atoms with van der Waals surface area (Å²) in [6.45, 7) is 14.1. The first-order valence-corrected chi connectivity index (χ1v) is 16.8. The average Bonchev–Trinajstić information content (AvgIpc) is 2.94. The molecule has 0 spiro atoms. The SMILES string of the molecule is C=CCCC[C@@H](CN[C@@H](CC1CCCCC1)[C@@H](O)[C@@H](O)CC(C)C)C[C@@H](O)[C@H](Cc1ccccc1)NC(=O)OC(C)(C)C. The molecule has 0 bridgehead atoms. The van der Waals surface area contributed by atoms with E-state index in [2.05, 4.69) is 31.1 Å². The molecular formula is C36H62N2O5. The number of carbonyl (C=O) groups is 1. The molecule has 1 aromatic carbocycles. The van der Waals surface area contributed by atoms with Gasteiger partial charge in [0.15, 0.2) is 0 Å². The number of hydrogen-bond acceptors (Lipinski definition) is 6. The van der Waals surface area contributed by atoms with Crippen molar-refractivity contribution in [3.8, 4) is 0 Å². The third-order valence-electron chi connectivity index (χ3n) is 8.56. The molecule has 2 rings (SSSR count). The van der Waals surface area contributed by atoms with E-state index in [9.17, 15) is 20.1 Å². The monoisotopic (exact) mass is 602 g/mol. The first kappa shape index (κ1) is 37.3. The Balaban J connectivity index is 2.18. The Hall–Kier alpha value is -1.93. The van der Waals surface area contributed by atoms with Crippen LogP contribution in [-0.4, -0.2) is 64.0 Å². The zero-order valence-corrected chi connectivity index (χ0v) is 27.6. The van der Waals surface area contributed by atoms with E-state index < -0.39 is 36.0 Å². The van der Waals surface area contributed by atoms with Crippen molar-refractivity contribution in [2.75, 3.05) is 6.54 Å². The van der Waals surface area contributed by atoms with Crippen molar-refractivity contribution in [3.63, 3.8) is 0 Å². The Labute approximate surface area is 261 Å². The van der Waals surface area contributed by atoms with Crippen LogP contribution in [0.2, 0.25) is 0 Å². The lowest BCUT2D eigenvalue weighted by molar-refractivity contribution is -0.0212. The molecule has 5 N–H and O–H groups in total. The molecule has 0 aliphatic heterocycles. The Bertz CT molecular complexity index is 897. The van der Waals surface area contributed by atoms with Crippen molar-refractivity contribution in [1.82, 2.24) is 10.6 Å². The minimum absolute atomic E-state index is 0.108. The molecule has 1 aliphatic rings. The molecule has 6 atom stereocenters. The van der Waals surface area contributed by atoms with Crippen LogP contribution in [0.1, 0.15) is 111 Å². The van der Waals surface area contributed by atoms with Gasteiger partial charge in [-0.2, -0.15) is 0 Å². The van der Waals surface area contributed by atoms with Crippen LogP contribution < -0.4 is 10.6 Å². The van der Waals surface area contributed by atoms with Gasteiger partial charge in [-0.1, -0.05) is 82.4 Å². The van der Waals surface area contributed by atoms with E-state index in [0.717, 1.165) is 31.2 Å². The number of unbranched alkanes of at least 4 members (excludes halogenated alkanes) is 1. The maximum Gasteiger partial charge on any atom is 0.407 e. The van der Waals surface area contributed by atoms with E-state index in [-0.39, 0.29) is 12.0 Å². The average molecular weight is 603 g/mol. The van der Waals surface area contributed by atoms with Crippen molar-refractivity contribution in [1.29, 1.82) is 0 Å². The summed E-state index contributed by atoms with van der Waals surface area (Å²) >= 11 is 0. The zero-order valence-electron chi connectivity index (χ0n) is 27.6. The number of amides is 1. The Kier molecular flexibility index (Phi) is 16.9. The van der Waals surface area contributed by atoms with E-state index >= 15 is 0 Å². The highest BCUT2D eigenvalue weighted by Crippen LogP contribution is 2.29. The summed E-state index contributed by atoms with van der Waals surface area (Å²) in [6.07, 6.45) is 10.1. The first-order chi connectivity index (χ1) is 20.4. The van der Waals surface area contributed by atoms with E-state index in [4.69, 9.17) is 4.74 Å². The highest BCUT2D eigenvalue weighted by molar-refractivity contribution is 5.68. The van der Waals surface area contributed by atoms with Gasteiger partial charge in [-0.25, -0.2) is 4.79 Å². The topological polar surface area (TPSA) is 111 Å². The molecule has 0 radical (unpaired) electrons. The number of allylic oxidation sites excluding steroid dienone is 1. The largest absolute Gasteiger partial charge is 0.444 e. The summed E-state index contributed by atoms with van der Waals surface area (Å²) in [5.41, 5.74) is 0.386. The summed E-state index contributed by atoms with van der Waals surface area (Å²) in [7, 11) is 0. The van der Waals surface area contributed by atoms with Crippen molar-refractivity contribution in [3.05, 3.63) is 48.6 Å². The maximum absolute atomic E-state index is 12.8. The molecular weight excluding hydrogens is 540 g/mol. The number of carbonyl (C=O) groups excluding carboxylic acids is 1. The van der Waals surface area contributed by atoms with E-state index in [1.807, 2.05) is 57.2 Å². The molecule has 1 aromatic rings. The summed E-state index contributed by atoms with van der Waals surface area (Å²) in [5, 5.41) is 40.3. The third kappa shape index (κ3) is 15.6. The molecule has 7 nitrogen and oxygen atoms in total. The highest BCUT2D eigenvalue weighted by atomic mass is 16.6. The van der Waals surface area contributed by atoms with Gasteiger partial charge in [-0.3, -0.25) is 0 Å². The van der Waals surface area contributed by atoms with Crippen molar-refractivity contribution >= 4 is 6.09 Å². The molecule has 0 aromatic heterocycles. The summed E-state index contributed by atoms with van der Waals surface area (Å²) in [6, 6.07) is 9.14. The Morgan fingerprint density at radius 3 is 2.30 bits per heavy atom. The highest BCUT2D eigenvalue weighted by Gasteiger charge is 2.32. The van der Waals surface area contributed by atoms with Crippen molar-refractivity contribution < 1.29 is 24.9 Å². The molecule has 0 unspecified atom stereocenters. The van der Waals surface area contributed by atoms with E-state index in [1.54, 1.807) is 0 Å². The molecule has 0 heterocycles. The number of hydrogen-bond donors (Lipinski definition) is 5. The van der Waals surface area contributed by atoms with Crippen LogP contribution in [0, 0.1) is 17.8 Å². The van der Waals surface area contributed by atoms with Crippen LogP contribution in [0.15, 0.2) is 43.0 Å². The quantitative estimate of drug-likeness (QED) is 0.0908. The lowest BCUT2D eigenvalue weighted by atomic mass is 9.82. The number of ether oxygens (including phenoxy) is 1. The van der Waals surface area contributed by atoms with Crippen LogP contribution in [0.4, 0.5) is 4.79 Å². The number of aliphatic hydroxyl groups excluding tert-OH is 3. The molecule has 7 heteroatoms. The minimum Gasteiger partial charge on any atom is -0.444 e. The molecule has 1 fully saturated rings. The van der Waals surface area contributed by atoms with Crippen LogP contribution >= 0.6 is 0 Å². The lowest BCUT2D eigenvalue weighted by Crippen LogP contribution is -2.50. The predicted octanol–water partition coefficient (Wildman–Crippen LogP) is 6.54. The first-order valence-electron chi connectivity index (χ1n) is 16.8. The Morgan fingerprint density at radius 2 is 1.70 bits per heavy atom. The van der Waals surface area contributed by atoms with Crippen LogP contribution in [-0.2, 0) is 11.2 Å². The normalized spacial score (nSPS) is 18.8. The second-order valence-corrected chi connectivity index (χ2v) is 14.3. The smallest absolute Gasteiger partial charge is 0.407 e. The molecule has 1 aliphatic carbocycles. The van der Waals surface area contributed by atoms with Gasteiger partial charge < -0.3 is 30.7 Å². The second kappa shape index (κ2) is 19.5. The fourth-order valence-corrected chi connectivity index (χ4v) is 6.30. The number of benzene rings is 1. The lowest BCUT2D eigenvalue weighted by Gasteiger charge is -2.34. The van der Waals surface area contributed by atoms with Crippen molar-refractivity contribution in [2.45, 2.75) is 148 Å². The fraction of sp³-hybridized carbons (Fsp3) is 0.750. The number of nitrogens with one attached hydrogen (secondary N) is 2.